The number of hydrogen-bond acceptors (Lipinski definition) is 7. The maximum Gasteiger partial charge on any atom is 0.319 e. The van der Waals surface area contributed by atoms with Crippen LogP contribution in [0.15, 0.2) is 0 Å². The summed E-state index contributed by atoms with van der Waals surface area (Å²) in [5, 5.41) is 36.0. The van der Waals surface area contributed by atoms with Gasteiger partial charge in [-0.15, -0.1) is 0 Å². The van der Waals surface area contributed by atoms with Gasteiger partial charge >= 0.3 is 8.25 Å². The van der Waals surface area contributed by atoms with Crippen molar-refractivity contribution in [2.75, 3.05) is 39.6 Å². The van der Waals surface area contributed by atoms with E-state index in [4.69, 9.17) is 29.5 Å². The summed E-state index contributed by atoms with van der Waals surface area (Å²) in [6.45, 7) is 1.74. The molecule has 0 saturated carbocycles. The third-order valence-corrected chi connectivity index (χ3v) is 3.36. The molecule has 0 bridgehead atoms. The molecule has 8 heteroatoms. The zero-order chi connectivity index (χ0) is 14.2. The van der Waals surface area contributed by atoms with Crippen LogP contribution in [0.1, 0.15) is 13.8 Å². The van der Waals surface area contributed by atoms with Crippen molar-refractivity contribution in [2.45, 2.75) is 13.8 Å². The minimum atomic E-state index is -2.79. The number of rotatable bonds is 10. The second-order valence-corrected chi connectivity index (χ2v) is 6.16. The fourth-order valence-electron chi connectivity index (χ4n) is 0.791. The predicted octanol–water partition coefficient (Wildman–Crippen LogP) is -0.609. The van der Waals surface area contributed by atoms with Crippen molar-refractivity contribution < 1.29 is 34.0 Å². The lowest BCUT2D eigenvalue weighted by molar-refractivity contribution is 0.00984. The van der Waals surface area contributed by atoms with Gasteiger partial charge in [-0.1, -0.05) is 13.8 Å². The summed E-state index contributed by atoms with van der Waals surface area (Å²) >= 11 is 0. The van der Waals surface area contributed by atoms with Crippen LogP contribution in [-0.4, -0.2) is 60.1 Å². The van der Waals surface area contributed by atoms with Gasteiger partial charge in [0.05, 0.1) is 39.6 Å². The van der Waals surface area contributed by atoms with Crippen LogP contribution in [0.5, 0.6) is 0 Å². The van der Waals surface area contributed by atoms with E-state index in [1.54, 1.807) is 13.8 Å². The smallest absolute Gasteiger partial charge is 0.319 e. The van der Waals surface area contributed by atoms with Gasteiger partial charge in [0.15, 0.2) is 0 Å². The van der Waals surface area contributed by atoms with E-state index < -0.39 is 19.1 Å². The van der Waals surface area contributed by atoms with Crippen molar-refractivity contribution >= 4 is 8.25 Å². The second kappa shape index (κ2) is 8.22. The molecule has 0 aliphatic carbocycles. The van der Waals surface area contributed by atoms with Gasteiger partial charge in [0.25, 0.3) is 0 Å². The van der Waals surface area contributed by atoms with E-state index in [1.807, 2.05) is 0 Å². The molecule has 18 heavy (non-hydrogen) atoms. The Morgan fingerprint density at radius 1 is 0.833 bits per heavy atom. The van der Waals surface area contributed by atoms with Gasteiger partial charge < -0.3 is 29.5 Å². The van der Waals surface area contributed by atoms with E-state index in [-0.39, 0.29) is 39.6 Å². The van der Waals surface area contributed by atoms with Gasteiger partial charge in [-0.2, -0.15) is 0 Å². The largest absolute Gasteiger partial charge is 0.396 e. The molecule has 0 rings (SSSR count). The quantitative estimate of drug-likeness (QED) is 0.396. The van der Waals surface area contributed by atoms with Crippen molar-refractivity contribution in [3.63, 3.8) is 0 Å². The van der Waals surface area contributed by atoms with Crippen LogP contribution in [-0.2, 0) is 13.6 Å². The van der Waals surface area contributed by atoms with Gasteiger partial charge in [-0.05, 0) is 0 Å². The van der Waals surface area contributed by atoms with Crippen molar-refractivity contribution in [2.24, 2.45) is 10.8 Å². The Morgan fingerprint density at radius 2 is 1.11 bits per heavy atom. The van der Waals surface area contributed by atoms with Crippen LogP contribution < -0.4 is 0 Å². The van der Waals surface area contributed by atoms with E-state index in [0.717, 1.165) is 0 Å². The molecule has 4 N–H and O–H groups in total. The van der Waals surface area contributed by atoms with E-state index >= 15 is 0 Å². The monoisotopic (exact) mass is 286 g/mol. The van der Waals surface area contributed by atoms with Gasteiger partial charge in [0.1, 0.15) is 0 Å². The van der Waals surface area contributed by atoms with Crippen LogP contribution in [0.2, 0.25) is 0 Å². The number of aliphatic hydroxyl groups is 4. The molecule has 0 amide bonds. The van der Waals surface area contributed by atoms with Crippen molar-refractivity contribution in [1.29, 1.82) is 0 Å². The molecule has 0 heterocycles. The van der Waals surface area contributed by atoms with E-state index in [9.17, 15) is 4.57 Å². The van der Waals surface area contributed by atoms with Crippen LogP contribution >= 0.6 is 8.25 Å². The lowest BCUT2D eigenvalue weighted by Gasteiger charge is -2.26. The molecular weight excluding hydrogens is 263 g/mol. The third kappa shape index (κ3) is 6.24. The van der Waals surface area contributed by atoms with Gasteiger partial charge in [0.2, 0.25) is 0 Å². The predicted molar refractivity (Wildman–Crippen MR) is 65.5 cm³/mol. The SMILES string of the molecule is CC(CO)(CO)CO[PH](=O)OCC(C)(CO)CO. The zero-order valence-corrected chi connectivity index (χ0v) is 11.8. The summed E-state index contributed by atoms with van der Waals surface area (Å²) in [4.78, 5) is 0. The molecule has 0 unspecified atom stereocenters. The number of aliphatic hydroxyl groups excluding tert-OH is 4. The number of hydrogen-bond donors (Lipinski definition) is 4. The third-order valence-electron chi connectivity index (χ3n) is 2.60. The molecule has 0 aliphatic rings. The summed E-state index contributed by atoms with van der Waals surface area (Å²) in [5.41, 5.74) is -1.75. The van der Waals surface area contributed by atoms with Crippen LogP contribution in [0.4, 0.5) is 0 Å². The first kappa shape index (κ1) is 18.0. The fourth-order valence-corrected chi connectivity index (χ4v) is 1.81. The first-order valence-electron chi connectivity index (χ1n) is 5.58. The van der Waals surface area contributed by atoms with Crippen molar-refractivity contribution in [3.8, 4) is 0 Å². The fraction of sp³-hybridized carbons (Fsp3) is 1.00. The minimum Gasteiger partial charge on any atom is -0.396 e. The Bertz CT molecular complexity index is 227. The van der Waals surface area contributed by atoms with E-state index in [1.165, 1.54) is 0 Å². The summed E-state index contributed by atoms with van der Waals surface area (Å²) in [5.74, 6) is 0. The van der Waals surface area contributed by atoms with Crippen molar-refractivity contribution in [3.05, 3.63) is 0 Å². The van der Waals surface area contributed by atoms with Crippen molar-refractivity contribution in [1.82, 2.24) is 0 Å². The molecule has 110 valence electrons. The maximum atomic E-state index is 11.4. The van der Waals surface area contributed by atoms with Gasteiger partial charge in [-0.3, -0.25) is 4.57 Å². The van der Waals surface area contributed by atoms with Crippen LogP contribution in [0.3, 0.4) is 0 Å². The van der Waals surface area contributed by atoms with E-state index in [2.05, 4.69) is 0 Å². The van der Waals surface area contributed by atoms with Crippen LogP contribution in [0.25, 0.3) is 0 Å². The highest BCUT2D eigenvalue weighted by atomic mass is 31.1. The first-order valence-corrected chi connectivity index (χ1v) is 6.80. The average molecular weight is 286 g/mol. The van der Waals surface area contributed by atoms with Gasteiger partial charge in [-0.25, -0.2) is 0 Å². The normalized spacial score (nSPS) is 13.3. The Hall–Kier alpha value is -0.0100. The molecule has 0 aromatic carbocycles. The summed E-state index contributed by atoms with van der Waals surface area (Å²) in [7, 11) is -2.79. The lowest BCUT2D eigenvalue weighted by atomic mass is 9.95. The molecule has 0 radical (unpaired) electrons. The highest BCUT2D eigenvalue weighted by molar-refractivity contribution is 7.33. The Balaban J connectivity index is 4.06. The minimum absolute atomic E-state index is 0.104. The molecule has 0 aliphatic heterocycles. The molecular formula is C10H23O7P. The van der Waals surface area contributed by atoms with Crippen LogP contribution in [0, 0.1) is 10.8 Å². The topological polar surface area (TPSA) is 116 Å². The molecule has 0 spiro atoms. The molecule has 0 fully saturated rings. The zero-order valence-electron chi connectivity index (χ0n) is 10.8. The van der Waals surface area contributed by atoms with E-state index in [0.29, 0.717) is 0 Å². The first-order chi connectivity index (χ1) is 8.34. The summed E-state index contributed by atoms with van der Waals surface area (Å²) in [6.07, 6.45) is 0. The highest BCUT2D eigenvalue weighted by Crippen LogP contribution is 2.30. The molecule has 0 aromatic rings. The Labute approximate surface area is 107 Å². The summed E-state index contributed by atoms with van der Waals surface area (Å²) in [6, 6.07) is 0. The summed E-state index contributed by atoms with van der Waals surface area (Å²) < 4.78 is 21.2. The van der Waals surface area contributed by atoms with Gasteiger partial charge in [0, 0.05) is 10.8 Å². The molecule has 0 aromatic heterocycles. The molecule has 0 atom stereocenters. The maximum absolute atomic E-state index is 11.4. The Kier molecular flexibility index (Phi) is 8.21. The lowest BCUT2D eigenvalue weighted by Crippen LogP contribution is -2.32. The Morgan fingerprint density at radius 3 is 1.33 bits per heavy atom. The molecule has 0 saturated heterocycles. The second-order valence-electron chi connectivity index (χ2n) is 5.08. The highest BCUT2D eigenvalue weighted by Gasteiger charge is 2.26. The average Bonchev–Trinajstić information content (AvgIpc) is 2.42. The molecule has 7 nitrogen and oxygen atoms in total. The standard InChI is InChI=1S/C10H23O7P/c1-9(3-11,4-12)7-16-18(15)17-8-10(2,5-13)6-14/h11-14,18H,3-8H2,1-2H3.